The molecule has 1 aromatic heterocycles. The van der Waals surface area contributed by atoms with Gasteiger partial charge in [0.15, 0.2) is 0 Å². The van der Waals surface area contributed by atoms with Gasteiger partial charge in [0, 0.05) is 37.6 Å². The van der Waals surface area contributed by atoms with Gasteiger partial charge in [0.2, 0.25) is 0 Å². The van der Waals surface area contributed by atoms with E-state index in [4.69, 9.17) is 0 Å². The highest BCUT2D eigenvalue weighted by molar-refractivity contribution is 5.54. The van der Waals surface area contributed by atoms with Crippen molar-refractivity contribution in [2.75, 3.05) is 23.8 Å². The Bertz CT molecular complexity index is 383. The summed E-state index contributed by atoms with van der Waals surface area (Å²) in [5.74, 6) is 1.72. The van der Waals surface area contributed by atoms with Crippen LogP contribution in [-0.2, 0) is 0 Å². The molecule has 1 aromatic rings. The zero-order chi connectivity index (χ0) is 13.7. The average molecular weight is 261 g/mol. The van der Waals surface area contributed by atoms with Crippen LogP contribution >= 0.6 is 0 Å². The molecule has 1 aliphatic carbocycles. The smallest absolute Gasteiger partial charge is 0.127 e. The summed E-state index contributed by atoms with van der Waals surface area (Å²) in [5.41, 5.74) is 1.33. The van der Waals surface area contributed by atoms with Gasteiger partial charge in [-0.1, -0.05) is 26.7 Å². The maximum atomic E-state index is 4.32. The van der Waals surface area contributed by atoms with Crippen molar-refractivity contribution in [3.05, 3.63) is 18.3 Å². The largest absolute Gasteiger partial charge is 0.373 e. The van der Waals surface area contributed by atoms with Crippen LogP contribution in [-0.4, -0.2) is 24.6 Å². The number of pyridine rings is 1. The Hall–Kier alpha value is -1.25. The molecule has 0 spiro atoms. The van der Waals surface area contributed by atoms with Crippen LogP contribution in [0, 0.1) is 5.92 Å². The molecule has 0 unspecified atom stereocenters. The van der Waals surface area contributed by atoms with Gasteiger partial charge in [-0.05, 0) is 31.2 Å². The highest BCUT2D eigenvalue weighted by Crippen LogP contribution is 2.29. The number of hydrogen-bond donors (Lipinski definition) is 1. The van der Waals surface area contributed by atoms with E-state index in [2.05, 4.69) is 41.2 Å². The Morgan fingerprint density at radius 2 is 2.11 bits per heavy atom. The lowest BCUT2D eigenvalue weighted by atomic mass is 10.1. The van der Waals surface area contributed by atoms with Gasteiger partial charge in [-0.15, -0.1) is 0 Å². The fraction of sp³-hybridized carbons (Fsp3) is 0.688. The second-order valence-corrected chi connectivity index (χ2v) is 5.96. The molecule has 1 aliphatic rings. The molecule has 0 saturated heterocycles. The first-order chi connectivity index (χ1) is 9.20. The van der Waals surface area contributed by atoms with Crippen molar-refractivity contribution in [1.82, 2.24) is 4.98 Å². The summed E-state index contributed by atoms with van der Waals surface area (Å²) in [4.78, 5) is 6.93. The van der Waals surface area contributed by atoms with Crippen LogP contribution in [0.2, 0.25) is 0 Å². The molecule has 0 bridgehead atoms. The molecule has 106 valence electrons. The van der Waals surface area contributed by atoms with E-state index >= 15 is 0 Å². The Kier molecular flexibility index (Phi) is 5.06. The minimum atomic E-state index is 0.728. The summed E-state index contributed by atoms with van der Waals surface area (Å²) < 4.78 is 0. The van der Waals surface area contributed by atoms with Gasteiger partial charge < -0.3 is 10.2 Å². The second-order valence-electron chi connectivity index (χ2n) is 5.96. The highest BCUT2D eigenvalue weighted by Gasteiger charge is 2.23. The summed E-state index contributed by atoms with van der Waals surface area (Å²) in [6.45, 7) is 5.77. The summed E-state index contributed by atoms with van der Waals surface area (Å²) in [6.07, 6.45) is 8.62. The maximum absolute atomic E-state index is 4.32. The zero-order valence-electron chi connectivity index (χ0n) is 12.5. The van der Waals surface area contributed by atoms with Crippen molar-refractivity contribution in [2.24, 2.45) is 5.92 Å². The number of rotatable bonds is 6. The van der Waals surface area contributed by atoms with E-state index in [1.807, 2.05) is 13.2 Å². The lowest BCUT2D eigenvalue weighted by Gasteiger charge is -2.32. The van der Waals surface area contributed by atoms with Crippen molar-refractivity contribution in [1.29, 1.82) is 0 Å². The molecule has 2 rings (SSSR count). The lowest BCUT2D eigenvalue weighted by molar-refractivity contribution is 0.528. The van der Waals surface area contributed by atoms with Crippen LogP contribution in [0.3, 0.4) is 0 Å². The minimum Gasteiger partial charge on any atom is -0.373 e. The maximum Gasteiger partial charge on any atom is 0.127 e. The SMILES string of the molecule is CNc1cc(N(CCC(C)C)C2CCCC2)ccn1. The minimum absolute atomic E-state index is 0.728. The number of nitrogens with one attached hydrogen (secondary N) is 1. The summed E-state index contributed by atoms with van der Waals surface area (Å²) in [7, 11) is 1.93. The van der Waals surface area contributed by atoms with Crippen molar-refractivity contribution in [3.63, 3.8) is 0 Å². The van der Waals surface area contributed by atoms with Crippen molar-refractivity contribution >= 4 is 11.5 Å². The first-order valence-electron chi connectivity index (χ1n) is 7.61. The molecule has 1 fully saturated rings. The first-order valence-corrected chi connectivity index (χ1v) is 7.61. The Morgan fingerprint density at radius 3 is 2.74 bits per heavy atom. The first kappa shape index (κ1) is 14.2. The van der Waals surface area contributed by atoms with Crippen LogP contribution in [0.1, 0.15) is 46.0 Å². The third kappa shape index (κ3) is 3.85. The van der Waals surface area contributed by atoms with E-state index in [-0.39, 0.29) is 0 Å². The molecule has 0 aliphatic heterocycles. The van der Waals surface area contributed by atoms with Crippen LogP contribution < -0.4 is 10.2 Å². The van der Waals surface area contributed by atoms with Gasteiger partial charge in [-0.25, -0.2) is 4.98 Å². The molecule has 1 saturated carbocycles. The summed E-state index contributed by atoms with van der Waals surface area (Å²) in [5, 5.41) is 3.14. The zero-order valence-corrected chi connectivity index (χ0v) is 12.5. The van der Waals surface area contributed by atoms with Gasteiger partial charge in [0.25, 0.3) is 0 Å². The molecule has 0 radical (unpaired) electrons. The summed E-state index contributed by atoms with van der Waals surface area (Å²) >= 11 is 0. The van der Waals surface area contributed by atoms with Crippen molar-refractivity contribution in [2.45, 2.75) is 52.0 Å². The molecule has 1 N–H and O–H groups in total. The van der Waals surface area contributed by atoms with Crippen LogP contribution in [0.15, 0.2) is 18.3 Å². The molecule has 19 heavy (non-hydrogen) atoms. The Labute approximate surface area is 117 Å². The summed E-state index contributed by atoms with van der Waals surface area (Å²) in [6, 6.07) is 5.06. The normalized spacial score (nSPS) is 16.0. The Balaban J connectivity index is 2.14. The van der Waals surface area contributed by atoms with Crippen LogP contribution in [0.25, 0.3) is 0 Å². The Morgan fingerprint density at radius 1 is 1.37 bits per heavy atom. The predicted molar refractivity (Wildman–Crippen MR) is 82.8 cm³/mol. The predicted octanol–water partition coefficient (Wildman–Crippen LogP) is 3.92. The molecule has 3 heteroatoms. The fourth-order valence-corrected chi connectivity index (χ4v) is 2.87. The van der Waals surface area contributed by atoms with Crippen molar-refractivity contribution < 1.29 is 0 Å². The van der Waals surface area contributed by atoms with E-state index in [0.717, 1.165) is 24.3 Å². The monoisotopic (exact) mass is 261 g/mol. The molecule has 0 atom stereocenters. The number of nitrogens with zero attached hydrogens (tertiary/aromatic N) is 2. The molecular formula is C16H27N3. The van der Waals surface area contributed by atoms with E-state index in [0.29, 0.717) is 0 Å². The number of aromatic nitrogens is 1. The van der Waals surface area contributed by atoms with E-state index in [1.54, 1.807) is 0 Å². The van der Waals surface area contributed by atoms with E-state index in [1.165, 1.54) is 37.8 Å². The number of anilines is 2. The second kappa shape index (κ2) is 6.78. The van der Waals surface area contributed by atoms with Gasteiger partial charge in [0.05, 0.1) is 0 Å². The quantitative estimate of drug-likeness (QED) is 0.841. The van der Waals surface area contributed by atoms with E-state index in [9.17, 15) is 0 Å². The molecular weight excluding hydrogens is 234 g/mol. The third-order valence-electron chi connectivity index (χ3n) is 4.04. The average Bonchev–Trinajstić information content (AvgIpc) is 2.93. The van der Waals surface area contributed by atoms with Gasteiger partial charge in [-0.2, -0.15) is 0 Å². The molecule has 1 heterocycles. The highest BCUT2D eigenvalue weighted by atomic mass is 15.2. The topological polar surface area (TPSA) is 28.2 Å². The van der Waals surface area contributed by atoms with Crippen LogP contribution in [0.5, 0.6) is 0 Å². The van der Waals surface area contributed by atoms with Gasteiger partial charge >= 0.3 is 0 Å². The van der Waals surface area contributed by atoms with Crippen LogP contribution in [0.4, 0.5) is 11.5 Å². The fourth-order valence-electron chi connectivity index (χ4n) is 2.87. The molecule has 3 nitrogen and oxygen atoms in total. The van der Waals surface area contributed by atoms with E-state index < -0.39 is 0 Å². The number of hydrogen-bond acceptors (Lipinski definition) is 3. The van der Waals surface area contributed by atoms with Crippen molar-refractivity contribution in [3.8, 4) is 0 Å². The molecule has 0 amide bonds. The molecule has 0 aromatic carbocycles. The standard InChI is InChI=1S/C16H27N3/c1-13(2)9-11-19(14-6-4-5-7-14)15-8-10-18-16(12-15)17-3/h8,10,12-14H,4-7,9,11H2,1-3H3,(H,17,18). The third-order valence-corrected chi connectivity index (χ3v) is 4.04. The van der Waals surface area contributed by atoms with Gasteiger partial charge in [0.1, 0.15) is 5.82 Å². The lowest BCUT2D eigenvalue weighted by Crippen LogP contribution is -2.34. The van der Waals surface area contributed by atoms with Gasteiger partial charge in [-0.3, -0.25) is 0 Å².